The largest absolute Gasteiger partial charge is 0.465 e. The van der Waals surface area contributed by atoms with E-state index in [-0.39, 0.29) is 0 Å². The van der Waals surface area contributed by atoms with Crippen LogP contribution in [0.15, 0.2) is 10.5 Å². The van der Waals surface area contributed by atoms with Crippen molar-refractivity contribution in [3.8, 4) is 0 Å². The number of nitrogens with zero attached hydrogens (tertiary/aromatic N) is 1. The molecule has 0 fully saturated rings. The van der Waals surface area contributed by atoms with Crippen molar-refractivity contribution < 1.29 is 4.42 Å². The van der Waals surface area contributed by atoms with Crippen LogP contribution in [0.3, 0.4) is 0 Å². The van der Waals surface area contributed by atoms with Crippen molar-refractivity contribution in [1.29, 1.82) is 0 Å². The molecule has 0 aliphatic heterocycles. The predicted molar refractivity (Wildman–Crippen MR) is 76.7 cm³/mol. The van der Waals surface area contributed by atoms with Gasteiger partial charge in [0.2, 0.25) is 0 Å². The Bertz CT molecular complexity index is 346. The van der Waals surface area contributed by atoms with Gasteiger partial charge in [0.15, 0.2) is 0 Å². The molecule has 1 heterocycles. The number of hydrogen-bond acceptors (Lipinski definition) is 3. The molecule has 0 aliphatic carbocycles. The molecule has 1 rings (SSSR count). The van der Waals surface area contributed by atoms with Gasteiger partial charge in [-0.05, 0) is 39.9 Å². The van der Waals surface area contributed by atoms with E-state index in [4.69, 9.17) is 4.42 Å². The molecule has 0 aliphatic rings. The summed E-state index contributed by atoms with van der Waals surface area (Å²) in [7, 11) is 2.19. The summed E-state index contributed by atoms with van der Waals surface area (Å²) in [5.41, 5.74) is 1.31. The summed E-state index contributed by atoms with van der Waals surface area (Å²) in [6.07, 6.45) is 2.49. The van der Waals surface area contributed by atoms with Gasteiger partial charge < -0.3 is 9.73 Å². The lowest BCUT2D eigenvalue weighted by atomic mass is 10.1. The van der Waals surface area contributed by atoms with E-state index < -0.39 is 0 Å². The molecule has 0 amide bonds. The molecule has 0 bridgehead atoms. The first kappa shape index (κ1) is 15.3. The number of rotatable bonds is 8. The summed E-state index contributed by atoms with van der Waals surface area (Å²) < 4.78 is 5.77. The van der Waals surface area contributed by atoms with Gasteiger partial charge in [0, 0.05) is 18.2 Å². The second-order valence-electron chi connectivity index (χ2n) is 5.13. The summed E-state index contributed by atoms with van der Waals surface area (Å²) in [6, 6.07) is 2.81. The fourth-order valence-corrected chi connectivity index (χ4v) is 2.14. The van der Waals surface area contributed by atoms with Crippen LogP contribution in [0.25, 0.3) is 0 Å². The molecule has 104 valence electrons. The zero-order valence-electron chi connectivity index (χ0n) is 12.5. The highest BCUT2D eigenvalue weighted by Crippen LogP contribution is 2.18. The van der Waals surface area contributed by atoms with E-state index in [1.807, 2.05) is 0 Å². The minimum atomic E-state index is 0.626. The Kier molecular flexibility index (Phi) is 6.44. The SMILES string of the molecule is CCCC(C)N(C)Cc1cc(CNCC)oc1C. The molecular weight excluding hydrogens is 224 g/mol. The first-order valence-electron chi connectivity index (χ1n) is 7.07. The fourth-order valence-electron chi connectivity index (χ4n) is 2.14. The van der Waals surface area contributed by atoms with Crippen LogP contribution < -0.4 is 5.32 Å². The number of furan rings is 1. The number of aryl methyl sites for hydroxylation is 1. The van der Waals surface area contributed by atoms with Gasteiger partial charge in [-0.15, -0.1) is 0 Å². The van der Waals surface area contributed by atoms with E-state index in [0.29, 0.717) is 6.04 Å². The maximum atomic E-state index is 5.77. The smallest absolute Gasteiger partial charge is 0.118 e. The van der Waals surface area contributed by atoms with Crippen molar-refractivity contribution in [2.24, 2.45) is 0 Å². The summed E-state index contributed by atoms with van der Waals surface area (Å²) in [4.78, 5) is 2.40. The Morgan fingerprint density at radius 2 is 2.11 bits per heavy atom. The molecule has 1 aromatic rings. The molecule has 18 heavy (non-hydrogen) atoms. The lowest BCUT2D eigenvalue weighted by Crippen LogP contribution is -2.28. The number of hydrogen-bond donors (Lipinski definition) is 1. The highest BCUT2D eigenvalue weighted by atomic mass is 16.3. The van der Waals surface area contributed by atoms with Gasteiger partial charge in [-0.25, -0.2) is 0 Å². The average molecular weight is 252 g/mol. The molecule has 3 nitrogen and oxygen atoms in total. The third-order valence-electron chi connectivity index (χ3n) is 3.50. The molecule has 1 N–H and O–H groups in total. The summed E-state index contributed by atoms with van der Waals surface area (Å²) >= 11 is 0. The van der Waals surface area contributed by atoms with E-state index in [2.05, 4.69) is 51.0 Å². The standard InChI is InChI=1S/C15H28N2O/c1-6-8-12(3)17(5)11-14-9-15(10-16-7-2)18-13(14)4/h9,12,16H,6-8,10-11H2,1-5H3. The summed E-state index contributed by atoms with van der Waals surface area (Å²) in [6.45, 7) is 11.5. The zero-order valence-corrected chi connectivity index (χ0v) is 12.5. The minimum absolute atomic E-state index is 0.626. The van der Waals surface area contributed by atoms with Crippen LogP contribution in [0.1, 0.15) is 50.7 Å². The van der Waals surface area contributed by atoms with Crippen LogP contribution in [0.2, 0.25) is 0 Å². The van der Waals surface area contributed by atoms with E-state index in [1.165, 1.54) is 18.4 Å². The van der Waals surface area contributed by atoms with Crippen molar-refractivity contribution in [3.63, 3.8) is 0 Å². The Morgan fingerprint density at radius 1 is 1.39 bits per heavy atom. The van der Waals surface area contributed by atoms with Gasteiger partial charge >= 0.3 is 0 Å². The van der Waals surface area contributed by atoms with Gasteiger partial charge in [-0.3, -0.25) is 4.90 Å². The lowest BCUT2D eigenvalue weighted by Gasteiger charge is -2.23. The first-order valence-corrected chi connectivity index (χ1v) is 7.07. The van der Waals surface area contributed by atoms with E-state index in [1.54, 1.807) is 0 Å². The van der Waals surface area contributed by atoms with Gasteiger partial charge in [0.05, 0.1) is 6.54 Å². The third kappa shape index (κ3) is 4.46. The topological polar surface area (TPSA) is 28.4 Å². The molecule has 1 unspecified atom stereocenters. The first-order chi connectivity index (χ1) is 8.58. The minimum Gasteiger partial charge on any atom is -0.465 e. The van der Waals surface area contributed by atoms with E-state index >= 15 is 0 Å². The summed E-state index contributed by atoms with van der Waals surface area (Å²) in [5.74, 6) is 2.10. The fraction of sp³-hybridized carbons (Fsp3) is 0.733. The Labute approximate surface area is 112 Å². The van der Waals surface area contributed by atoms with Crippen LogP contribution >= 0.6 is 0 Å². The van der Waals surface area contributed by atoms with Gasteiger partial charge in [0.25, 0.3) is 0 Å². The van der Waals surface area contributed by atoms with Crippen molar-refractivity contribution in [2.45, 2.75) is 59.7 Å². The quantitative estimate of drug-likeness (QED) is 0.769. The molecule has 0 spiro atoms. The zero-order chi connectivity index (χ0) is 13.5. The van der Waals surface area contributed by atoms with Gasteiger partial charge in [-0.2, -0.15) is 0 Å². The van der Waals surface area contributed by atoms with Gasteiger partial charge in [0.1, 0.15) is 11.5 Å². The monoisotopic (exact) mass is 252 g/mol. The van der Waals surface area contributed by atoms with Crippen LogP contribution in [0, 0.1) is 6.92 Å². The van der Waals surface area contributed by atoms with E-state index in [9.17, 15) is 0 Å². The normalized spacial score (nSPS) is 13.2. The Morgan fingerprint density at radius 3 is 2.72 bits per heavy atom. The van der Waals surface area contributed by atoms with Crippen molar-refractivity contribution >= 4 is 0 Å². The Balaban J connectivity index is 2.58. The Hall–Kier alpha value is -0.800. The van der Waals surface area contributed by atoms with E-state index in [0.717, 1.165) is 31.2 Å². The number of nitrogens with one attached hydrogen (secondary N) is 1. The average Bonchev–Trinajstić information content (AvgIpc) is 2.67. The molecule has 0 radical (unpaired) electrons. The molecule has 0 saturated heterocycles. The molecule has 3 heteroatoms. The molecule has 1 atom stereocenters. The van der Waals surface area contributed by atoms with Crippen LogP contribution in [0.4, 0.5) is 0 Å². The van der Waals surface area contributed by atoms with Crippen LogP contribution in [-0.4, -0.2) is 24.5 Å². The highest BCUT2D eigenvalue weighted by Gasteiger charge is 2.13. The second-order valence-corrected chi connectivity index (χ2v) is 5.13. The lowest BCUT2D eigenvalue weighted by molar-refractivity contribution is 0.235. The molecular formula is C15H28N2O. The van der Waals surface area contributed by atoms with Crippen LogP contribution in [-0.2, 0) is 13.1 Å². The predicted octanol–water partition coefficient (Wildman–Crippen LogP) is 3.32. The molecule has 0 aromatic carbocycles. The van der Waals surface area contributed by atoms with Gasteiger partial charge in [-0.1, -0.05) is 20.3 Å². The third-order valence-corrected chi connectivity index (χ3v) is 3.50. The maximum absolute atomic E-state index is 5.77. The summed E-state index contributed by atoms with van der Waals surface area (Å²) in [5, 5.41) is 3.29. The van der Waals surface area contributed by atoms with Crippen molar-refractivity contribution in [2.75, 3.05) is 13.6 Å². The molecule has 0 saturated carbocycles. The highest BCUT2D eigenvalue weighted by molar-refractivity contribution is 5.20. The maximum Gasteiger partial charge on any atom is 0.118 e. The molecule has 1 aromatic heterocycles. The van der Waals surface area contributed by atoms with Crippen molar-refractivity contribution in [1.82, 2.24) is 10.2 Å². The second kappa shape index (κ2) is 7.59. The van der Waals surface area contributed by atoms with Crippen molar-refractivity contribution in [3.05, 3.63) is 23.2 Å². The van der Waals surface area contributed by atoms with Crippen LogP contribution in [0.5, 0.6) is 0 Å².